The fourth-order valence-corrected chi connectivity index (χ4v) is 3.46. The van der Waals surface area contributed by atoms with E-state index in [1.54, 1.807) is 23.9 Å². The lowest BCUT2D eigenvalue weighted by Crippen LogP contribution is -2.26. The fourth-order valence-electron chi connectivity index (χ4n) is 2.49. The molecule has 0 aliphatic heterocycles. The van der Waals surface area contributed by atoms with Crippen molar-refractivity contribution in [1.29, 1.82) is 0 Å². The summed E-state index contributed by atoms with van der Waals surface area (Å²) in [5.41, 5.74) is -0.288. The van der Waals surface area contributed by atoms with Crippen LogP contribution in [0.2, 0.25) is 0 Å². The first-order valence-corrected chi connectivity index (χ1v) is 8.40. The van der Waals surface area contributed by atoms with Gasteiger partial charge in [-0.05, 0) is 26.0 Å². The molecule has 1 unspecified atom stereocenters. The minimum atomic E-state index is -4.56. The molecule has 3 aromatic heterocycles. The van der Waals surface area contributed by atoms with Crippen LogP contribution in [-0.4, -0.2) is 25.5 Å². The molecule has 134 valence electrons. The monoisotopic (exact) mass is 371 g/mol. The van der Waals surface area contributed by atoms with E-state index in [9.17, 15) is 18.0 Å². The van der Waals surface area contributed by atoms with Crippen LogP contribution in [0.15, 0.2) is 18.3 Å². The van der Waals surface area contributed by atoms with Crippen molar-refractivity contribution in [3.8, 4) is 0 Å². The van der Waals surface area contributed by atoms with Crippen molar-refractivity contribution >= 4 is 27.5 Å². The van der Waals surface area contributed by atoms with Crippen molar-refractivity contribution in [2.24, 2.45) is 7.05 Å². The third kappa shape index (κ3) is 3.26. The lowest BCUT2D eigenvalue weighted by Gasteiger charge is -2.10. The van der Waals surface area contributed by atoms with E-state index in [1.807, 2.05) is 6.92 Å². The summed E-state index contributed by atoms with van der Waals surface area (Å²) < 4.78 is 42.0. The number of aromatic nitrogens is 4. The molecule has 1 N–H and O–H groups in total. The van der Waals surface area contributed by atoms with Crippen molar-refractivity contribution in [3.63, 3.8) is 0 Å². The highest BCUT2D eigenvalue weighted by molar-refractivity contribution is 7.20. The van der Waals surface area contributed by atoms with Gasteiger partial charge in [-0.25, -0.2) is 0 Å². The van der Waals surface area contributed by atoms with Crippen molar-refractivity contribution in [2.75, 3.05) is 0 Å². The summed E-state index contributed by atoms with van der Waals surface area (Å²) in [6, 6.07) is 2.68. The summed E-state index contributed by atoms with van der Waals surface area (Å²) in [5, 5.41) is 10.5. The summed E-state index contributed by atoms with van der Waals surface area (Å²) in [6.45, 7) is 4.43. The van der Waals surface area contributed by atoms with E-state index in [2.05, 4.69) is 15.5 Å². The highest BCUT2D eigenvalue weighted by Crippen LogP contribution is 2.37. The lowest BCUT2D eigenvalue weighted by molar-refractivity contribution is -0.140. The zero-order valence-corrected chi connectivity index (χ0v) is 14.6. The van der Waals surface area contributed by atoms with Gasteiger partial charge in [-0.2, -0.15) is 23.4 Å². The van der Waals surface area contributed by atoms with Crippen LogP contribution in [0.25, 0.3) is 10.2 Å². The molecule has 0 fully saturated rings. The molecule has 0 aliphatic rings. The predicted molar refractivity (Wildman–Crippen MR) is 87.4 cm³/mol. The molecule has 3 heterocycles. The van der Waals surface area contributed by atoms with Gasteiger partial charge in [0.05, 0.1) is 16.6 Å². The number of nitrogens with one attached hydrogen (secondary N) is 1. The van der Waals surface area contributed by atoms with Gasteiger partial charge in [0.25, 0.3) is 5.91 Å². The maximum atomic E-state index is 13.0. The quantitative estimate of drug-likeness (QED) is 0.765. The van der Waals surface area contributed by atoms with Crippen molar-refractivity contribution in [1.82, 2.24) is 24.9 Å². The largest absolute Gasteiger partial charge is 0.435 e. The van der Waals surface area contributed by atoms with Gasteiger partial charge in [-0.3, -0.25) is 14.2 Å². The molecule has 6 nitrogen and oxygen atoms in total. The molecule has 3 rings (SSSR count). The number of fused-ring (bicyclic) bond motifs is 1. The molecule has 0 radical (unpaired) electrons. The second kappa shape index (κ2) is 6.17. The van der Waals surface area contributed by atoms with Gasteiger partial charge in [0, 0.05) is 25.2 Å². The number of hydrogen-bond acceptors (Lipinski definition) is 4. The fraction of sp³-hybridized carbons (Fsp3) is 0.400. The maximum Gasteiger partial charge on any atom is 0.435 e. The Kier molecular flexibility index (Phi) is 4.31. The van der Waals surface area contributed by atoms with Crippen molar-refractivity contribution < 1.29 is 18.0 Å². The van der Waals surface area contributed by atoms with Gasteiger partial charge in [0.15, 0.2) is 5.69 Å². The number of halogens is 3. The number of hydrogen-bond donors (Lipinski definition) is 1. The van der Waals surface area contributed by atoms with E-state index in [-0.39, 0.29) is 16.3 Å². The summed E-state index contributed by atoms with van der Waals surface area (Å²) in [6.07, 6.45) is -2.76. The number of thiophene rings is 1. The molecule has 1 amide bonds. The third-order valence-corrected chi connectivity index (χ3v) is 4.98. The predicted octanol–water partition coefficient (Wildman–Crippen LogP) is 3.36. The average molecular weight is 371 g/mol. The van der Waals surface area contributed by atoms with Crippen LogP contribution < -0.4 is 5.32 Å². The van der Waals surface area contributed by atoms with E-state index in [1.165, 1.54) is 13.1 Å². The Hall–Kier alpha value is -2.36. The van der Waals surface area contributed by atoms with Crippen LogP contribution in [0.5, 0.6) is 0 Å². The van der Waals surface area contributed by atoms with Crippen molar-refractivity contribution in [2.45, 2.75) is 32.6 Å². The zero-order valence-electron chi connectivity index (χ0n) is 13.8. The summed E-state index contributed by atoms with van der Waals surface area (Å²) in [5.74, 6) is -0.437. The number of aryl methyl sites for hydroxylation is 2. The summed E-state index contributed by atoms with van der Waals surface area (Å²) in [7, 11) is 1.43. The first kappa shape index (κ1) is 17.5. The number of rotatable bonds is 4. The Morgan fingerprint density at radius 3 is 2.72 bits per heavy atom. The second-order valence-corrected chi connectivity index (χ2v) is 6.62. The van der Waals surface area contributed by atoms with Gasteiger partial charge >= 0.3 is 6.18 Å². The molecule has 0 saturated heterocycles. The zero-order chi connectivity index (χ0) is 18.4. The highest BCUT2D eigenvalue weighted by Gasteiger charge is 2.37. The van der Waals surface area contributed by atoms with Gasteiger partial charge < -0.3 is 5.32 Å². The van der Waals surface area contributed by atoms with Crippen LogP contribution in [0.4, 0.5) is 13.2 Å². The number of carbonyl (C=O) groups is 1. The molecular formula is C15H16F3N5OS. The molecule has 0 aliphatic carbocycles. The highest BCUT2D eigenvalue weighted by atomic mass is 32.1. The Labute approximate surface area is 145 Å². The number of carbonyl (C=O) groups excluding carboxylic acids is 1. The first-order valence-electron chi connectivity index (χ1n) is 7.58. The van der Waals surface area contributed by atoms with E-state index < -0.39 is 17.8 Å². The minimum Gasteiger partial charge on any atom is -0.343 e. The van der Waals surface area contributed by atoms with Crippen LogP contribution in [0.3, 0.4) is 0 Å². The van der Waals surface area contributed by atoms with E-state index in [4.69, 9.17) is 0 Å². The molecule has 0 aromatic carbocycles. The Bertz CT molecular complexity index is 924. The van der Waals surface area contributed by atoms with Gasteiger partial charge in [0.2, 0.25) is 0 Å². The van der Waals surface area contributed by atoms with Crippen LogP contribution >= 0.6 is 11.3 Å². The molecule has 1 atom stereocenters. The molecule has 3 aromatic rings. The van der Waals surface area contributed by atoms with E-state index in [0.717, 1.165) is 16.0 Å². The summed E-state index contributed by atoms with van der Waals surface area (Å²) in [4.78, 5) is 12.9. The van der Waals surface area contributed by atoms with Gasteiger partial charge in [-0.15, -0.1) is 11.3 Å². The second-order valence-electron chi connectivity index (χ2n) is 5.59. The molecule has 0 spiro atoms. The lowest BCUT2D eigenvalue weighted by atomic mass is 10.2. The standard InChI is InChI=1S/C15H16F3N5OS/c1-4-23-6-5-10(20-23)8(2)19-13(24)11-7-9-12(15(16,17)18)21-22(3)14(9)25-11/h5-8H,4H2,1-3H3,(H,19,24). The van der Waals surface area contributed by atoms with Gasteiger partial charge in [-0.1, -0.05) is 0 Å². The number of nitrogens with zero attached hydrogens (tertiary/aromatic N) is 4. The maximum absolute atomic E-state index is 13.0. The molecule has 0 bridgehead atoms. The molecule has 0 saturated carbocycles. The van der Waals surface area contributed by atoms with Crippen LogP contribution in [0.1, 0.15) is 40.9 Å². The molecule has 10 heteroatoms. The first-order chi connectivity index (χ1) is 11.7. The SMILES string of the molecule is CCn1ccc(C(C)NC(=O)c2cc3c(C(F)(F)F)nn(C)c3s2)n1. The number of alkyl halides is 3. The smallest absolute Gasteiger partial charge is 0.343 e. The van der Waals surface area contributed by atoms with Crippen molar-refractivity contribution in [3.05, 3.63) is 34.6 Å². The molecular weight excluding hydrogens is 355 g/mol. The topological polar surface area (TPSA) is 64.7 Å². The number of amides is 1. The van der Waals surface area contributed by atoms with Crippen LogP contribution in [0, 0.1) is 0 Å². The van der Waals surface area contributed by atoms with Crippen LogP contribution in [-0.2, 0) is 19.8 Å². The Balaban J connectivity index is 1.85. The van der Waals surface area contributed by atoms with E-state index >= 15 is 0 Å². The Morgan fingerprint density at radius 2 is 2.12 bits per heavy atom. The van der Waals surface area contributed by atoms with Gasteiger partial charge in [0.1, 0.15) is 4.83 Å². The normalized spacial score (nSPS) is 13.4. The summed E-state index contributed by atoms with van der Waals surface area (Å²) >= 11 is 0.979. The third-order valence-electron chi connectivity index (χ3n) is 3.78. The Morgan fingerprint density at radius 1 is 1.40 bits per heavy atom. The molecule has 25 heavy (non-hydrogen) atoms. The average Bonchev–Trinajstić information content (AvgIpc) is 3.22. The van der Waals surface area contributed by atoms with E-state index in [0.29, 0.717) is 17.1 Å². The minimum absolute atomic E-state index is 0.0620.